The number of aryl methyl sites for hydroxylation is 1. The van der Waals surface area contributed by atoms with Gasteiger partial charge in [-0.25, -0.2) is 0 Å². The summed E-state index contributed by atoms with van der Waals surface area (Å²) in [6, 6.07) is 16.0. The molecule has 2 aromatic carbocycles. The van der Waals surface area contributed by atoms with Crippen molar-refractivity contribution in [3.8, 4) is 5.75 Å². The van der Waals surface area contributed by atoms with Crippen LogP contribution in [0.4, 0.5) is 0 Å². The molecule has 2 aliphatic heterocycles. The number of ether oxygens (including phenoxy) is 1. The van der Waals surface area contributed by atoms with Crippen molar-refractivity contribution in [1.29, 1.82) is 0 Å². The molecule has 2 heterocycles. The summed E-state index contributed by atoms with van der Waals surface area (Å²) in [5.41, 5.74) is 2.93. The van der Waals surface area contributed by atoms with Crippen LogP contribution in [0.1, 0.15) is 42.4 Å². The van der Waals surface area contributed by atoms with Crippen molar-refractivity contribution in [2.24, 2.45) is 0 Å². The Bertz CT molecular complexity index is 1050. The van der Waals surface area contributed by atoms with Crippen LogP contribution in [-0.4, -0.2) is 59.8 Å². The Hall–Kier alpha value is -3.35. The number of rotatable bonds is 8. The van der Waals surface area contributed by atoms with E-state index in [-0.39, 0.29) is 24.3 Å². The lowest BCUT2D eigenvalue weighted by Crippen LogP contribution is -2.52. The van der Waals surface area contributed by atoms with Gasteiger partial charge in [-0.05, 0) is 49.4 Å². The normalized spacial score (nSPS) is 20.4. The number of benzene rings is 2. The summed E-state index contributed by atoms with van der Waals surface area (Å²) in [4.78, 5) is 41.3. The third-order valence-corrected chi connectivity index (χ3v) is 6.88. The minimum Gasteiger partial charge on any atom is -0.497 e. The van der Waals surface area contributed by atoms with E-state index in [1.165, 1.54) is 5.56 Å². The highest BCUT2D eigenvalue weighted by molar-refractivity contribution is 5.86. The van der Waals surface area contributed by atoms with Crippen molar-refractivity contribution >= 4 is 17.7 Å². The fourth-order valence-electron chi connectivity index (χ4n) is 4.94. The van der Waals surface area contributed by atoms with Gasteiger partial charge in [-0.1, -0.05) is 42.0 Å². The average Bonchev–Trinajstić information content (AvgIpc) is 3.19. The predicted molar refractivity (Wildman–Crippen MR) is 129 cm³/mol. The molecule has 4 rings (SSSR count). The molecule has 0 spiro atoms. The van der Waals surface area contributed by atoms with E-state index in [4.69, 9.17) is 4.74 Å². The fourth-order valence-corrected chi connectivity index (χ4v) is 4.94. The van der Waals surface area contributed by atoms with Gasteiger partial charge < -0.3 is 19.9 Å². The van der Waals surface area contributed by atoms with E-state index in [2.05, 4.69) is 11.4 Å². The highest BCUT2D eigenvalue weighted by Crippen LogP contribution is 2.30. The molecule has 1 N–H and O–H groups in total. The monoisotopic (exact) mass is 463 g/mol. The summed E-state index contributed by atoms with van der Waals surface area (Å²) in [6.45, 7) is 3.79. The van der Waals surface area contributed by atoms with E-state index in [0.29, 0.717) is 51.7 Å². The second kappa shape index (κ2) is 10.3. The van der Waals surface area contributed by atoms with Gasteiger partial charge in [0.15, 0.2) is 0 Å². The first-order valence-electron chi connectivity index (χ1n) is 11.9. The van der Waals surface area contributed by atoms with Gasteiger partial charge in [0, 0.05) is 38.0 Å². The van der Waals surface area contributed by atoms with E-state index < -0.39 is 5.54 Å². The smallest absolute Gasteiger partial charge is 0.242 e. The SMILES string of the molecule is COc1ccc(C[C@@]2(CCC(=O)N3CCN(Cc4cccc(C)c4)C(=O)C3)CCC(=O)N2)cc1. The van der Waals surface area contributed by atoms with Gasteiger partial charge in [-0.3, -0.25) is 14.4 Å². The summed E-state index contributed by atoms with van der Waals surface area (Å²) >= 11 is 0. The number of hydrogen-bond donors (Lipinski definition) is 1. The van der Waals surface area contributed by atoms with Crippen molar-refractivity contribution in [1.82, 2.24) is 15.1 Å². The van der Waals surface area contributed by atoms with E-state index in [0.717, 1.165) is 16.9 Å². The third-order valence-electron chi connectivity index (χ3n) is 6.88. The Kier molecular flexibility index (Phi) is 7.20. The van der Waals surface area contributed by atoms with Gasteiger partial charge >= 0.3 is 0 Å². The van der Waals surface area contributed by atoms with Crippen LogP contribution < -0.4 is 10.1 Å². The molecule has 34 heavy (non-hydrogen) atoms. The molecule has 0 aliphatic carbocycles. The maximum absolute atomic E-state index is 13.0. The number of carbonyl (C=O) groups is 3. The van der Waals surface area contributed by atoms with Crippen molar-refractivity contribution in [3.63, 3.8) is 0 Å². The molecule has 0 unspecified atom stereocenters. The zero-order valence-electron chi connectivity index (χ0n) is 20.0. The van der Waals surface area contributed by atoms with E-state index >= 15 is 0 Å². The molecular weight excluding hydrogens is 430 g/mol. The molecule has 180 valence electrons. The largest absolute Gasteiger partial charge is 0.497 e. The number of nitrogens with zero attached hydrogens (tertiary/aromatic N) is 2. The zero-order chi connectivity index (χ0) is 24.1. The van der Waals surface area contributed by atoms with Crippen LogP contribution in [0.5, 0.6) is 5.75 Å². The lowest BCUT2D eigenvalue weighted by atomic mass is 9.85. The standard InChI is InChI=1S/C27H33N3O4/c1-20-4-3-5-22(16-20)18-29-14-15-30(19-26(29)33)25(32)11-13-27(12-10-24(31)28-27)17-21-6-8-23(34-2)9-7-21/h3-9,16H,10-15,17-19H2,1-2H3,(H,28,31)/t27-/m0/s1. The molecule has 2 aliphatic rings. The topological polar surface area (TPSA) is 79.0 Å². The van der Waals surface area contributed by atoms with Crippen LogP contribution in [-0.2, 0) is 27.3 Å². The molecular formula is C27H33N3O4. The lowest BCUT2D eigenvalue weighted by molar-refractivity contribution is -0.145. The molecule has 0 saturated carbocycles. The van der Waals surface area contributed by atoms with Gasteiger partial charge in [-0.2, -0.15) is 0 Å². The molecule has 7 heteroatoms. The van der Waals surface area contributed by atoms with Crippen molar-refractivity contribution in [2.45, 2.75) is 51.1 Å². The molecule has 2 aromatic rings. The summed E-state index contributed by atoms with van der Waals surface area (Å²) < 4.78 is 5.23. The Morgan fingerprint density at radius 2 is 1.88 bits per heavy atom. The highest BCUT2D eigenvalue weighted by atomic mass is 16.5. The molecule has 3 amide bonds. The van der Waals surface area contributed by atoms with Crippen molar-refractivity contribution in [2.75, 3.05) is 26.7 Å². The first-order chi connectivity index (χ1) is 16.4. The summed E-state index contributed by atoms with van der Waals surface area (Å²) in [6.07, 6.45) is 2.71. The molecule has 0 radical (unpaired) electrons. The lowest BCUT2D eigenvalue weighted by Gasteiger charge is -2.35. The molecule has 1 atom stereocenters. The first kappa shape index (κ1) is 23.8. The van der Waals surface area contributed by atoms with Crippen LogP contribution in [0.3, 0.4) is 0 Å². The van der Waals surface area contributed by atoms with Crippen LogP contribution in [0.15, 0.2) is 48.5 Å². The molecule has 0 bridgehead atoms. The van der Waals surface area contributed by atoms with E-state index in [1.807, 2.05) is 54.3 Å². The second-order valence-electron chi connectivity index (χ2n) is 9.47. The van der Waals surface area contributed by atoms with Gasteiger partial charge in [-0.15, -0.1) is 0 Å². The highest BCUT2D eigenvalue weighted by Gasteiger charge is 2.38. The van der Waals surface area contributed by atoms with Crippen molar-refractivity contribution in [3.05, 3.63) is 65.2 Å². The minimum atomic E-state index is -0.432. The number of nitrogens with one attached hydrogen (secondary N) is 1. The molecule has 2 saturated heterocycles. The van der Waals surface area contributed by atoms with Crippen LogP contribution in [0, 0.1) is 6.92 Å². The maximum Gasteiger partial charge on any atom is 0.242 e. The molecule has 7 nitrogen and oxygen atoms in total. The molecule has 0 aromatic heterocycles. The number of piperazine rings is 1. The second-order valence-corrected chi connectivity index (χ2v) is 9.47. The zero-order valence-corrected chi connectivity index (χ0v) is 20.0. The number of amides is 3. The predicted octanol–water partition coefficient (Wildman–Crippen LogP) is 2.85. The van der Waals surface area contributed by atoms with Gasteiger partial charge in [0.05, 0.1) is 13.7 Å². The van der Waals surface area contributed by atoms with Gasteiger partial charge in [0.1, 0.15) is 5.75 Å². The minimum absolute atomic E-state index is 0.0248. The Morgan fingerprint density at radius 3 is 2.53 bits per heavy atom. The van der Waals surface area contributed by atoms with E-state index in [1.54, 1.807) is 12.0 Å². The maximum atomic E-state index is 13.0. The Balaban J connectivity index is 1.33. The van der Waals surface area contributed by atoms with E-state index in [9.17, 15) is 14.4 Å². The summed E-state index contributed by atoms with van der Waals surface area (Å²) in [5.74, 6) is 0.762. The first-order valence-corrected chi connectivity index (χ1v) is 11.9. The number of methoxy groups -OCH3 is 1. The number of carbonyl (C=O) groups excluding carboxylic acids is 3. The van der Waals surface area contributed by atoms with Gasteiger partial charge in [0.25, 0.3) is 0 Å². The third kappa shape index (κ3) is 5.76. The fraction of sp³-hybridized carbons (Fsp3) is 0.444. The Labute approximate surface area is 201 Å². The molecule has 2 fully saturated rings. The van der Waals surface area contributed by atoms with Crippen molar-refractivity contribution < 1.29 is 19.1 Å². The van der Waals surface area contributed by atoms with Crippen LogP contribution in [0.25, 0.3) is 0 Å². The Morgan fingerprint density at radius 1 is 1.09 bits per heavy atom. The number of hydrogen-bond acceptors (Lipinski definition) is 4. The van der Waals surface area contributed by atoms with Gasteiger partial charge in [0.2, 0.25) is 17.7 Å². The van der Waals surface area contributed by atoms with Crippen LogP contribution in [0.2, 0.25) is 0 Å². The average molecular weight is 464 g/mol. The van der Waals surface area contributed by atoms with Crippen LogP contribution >= 0.6 is 0 Å². The quantitative estimate of drug-likeness (QED) is 0.653. The summed E-state index contributed by atoms with van der Waals surface area (Å²) in [7, 11) is 1.63. The summed E-state index contributed by atoms with van der Waals surface area (Å²) in [5, 5.41) is 3.13.